The second-order valence-corrected chi connectivity index (χ2v) is 6.40. The minimum atomic E-state index is -0.139. The van der Waals surface area contributed by atoms with E-state index in [1.807, 2.05) is 4.90 Å². The van der Waals surface area contributed by atoms with Crippen LogP contribution in [-0.2, 0) is 9.59 Å². The standard InChI is InChI=1S/C16H28N2O2/c1-3-12(2)18-11-13(10-15(18)19)16(20)17-14-8-6-4-5-7-9-14/h12-14H,3-11H2,1-2H3,(H,17,20). The van der Waals surface area contributed by atoms with Crippen LogP contribution in [-0.4, -0.2) is 35.3 Å². The van der Waals surface area contributed by atoms with Gasteiger partial charge in [-0.1, -0.05) is 32.6 Å². The van der Waals surface area contributed by atoms with E-state index in [-0.39, 0.29) is 23.8 Å². The Morgan fingerprint density at radius 2 is 1.95 bits per heavy atom. The normalized spacial score (nSPS) is 26.4. The lowest BCUT2D eigenvalue weighted by Crippen LogP contribution is -2.40. The Kier molecular flexibility index (Phi) is 5.44. The molecule has 0 spiro atoms. The fourth-order valence-corrected chi connectivity index (χ4v) is 3.30. The van der Waals surface area contributed by atoms with Crippen LogP contribution in [0.25, 0.3) is 0 Å². The third-order valence-electron chi connectivity index (χ3n) is 4.85. The van der Waals surface area contributed by atoms with E-state index in [2.05, 4.69) is 19.2 Å². The van der Waals surface area contributed by atoms with Gasteiger partial charge in [0, 0.05) is 25.0 Å². The Labute approximate surface area is 122 Å². The summed E-state index contributed by atoms with van der Waals surface area (Å²) in [7, 11) is 0. The molecular weight excluding hydrogens is 252 g/mol. The average molecular weight is 280 g/mol. The molecule has 0 radical (unpaired) electrons. The van der Waals surface area contributed by atoms with Crippen molar-refractivity contribution in [3.05, 3.63) is 0 Å². The van der Waals surface area contributed by atoms with Gasteiger partial charge < -0.3 is 10.2 Å². The molecule has 1 saturated carbocycles. The van der Waals surface area contributed by atoms with Gasteiger partial charge in [0.15, 0.2) is 0 Å². The van der Waals surface area contributed by atoms with E-state index in [0.29, 0.717) is 19.0 Å². The van der Waals surface area contributed by atoms with E-state index in [4.69, 9.17) is 0 Å². The highest BCUT2D eigenvalue weighted by Gasteiger charge is 2.36. The first-order chi connectivity index (χ1) is 9.61. The molecule has 20 heavy (non-hydrogen) atoms. The van der Waals surface area contributed by atoms with Gasteiger partial charge in [-0.05, 0) is 26.2 Å². The van der Waals surface area contributed by atoms with Gasteiger partial charge in [0.05, 0.1) is 5.92 Å². The smallest absolute Gasteiger partial charge is 0.225 e. The van der Waals surface area contributed by atoms with Gasteiger partial charge in [0.25, 0.3) is 0 Å². The zero-order valence-corrected chi connectivity index (χ0v) is 12.9. The van der Waals surface area contributed by atoms with Gasteiger partial charge in [0.1, 0.15) is 0 Å². The fourth-order valence-electron chi connectivity index (χ4n) is 3.30. The third kappa shape index (κ3) is 3.74. The summed E-state index contributed by atoms with van der Waals surface area (Å²) in [4.78, 5) is 26.2. The van der Waals surface area contributed by atoms with Gasteiger partial charge in [-0.15, -0.1) is 0 Å². The number of hydrogen-bond donors (Lipinski definition) is 1. The predicted molar refractivity (Wildman–Crippen MR) is 79.2 cm³/mol. The quantitative estimate of drug-likeness (QED) is 0.804. The molecule has 2 fully saturated rings. The van der Waals surface area contributed by atoms with Crippen LogP contribution >= 0.6 is 0 Å². The molecular formula is C16H28N2O2. The fraction of sp³-hybridized carbons (Fsp3) is 0.875. The van der Waals surface area contributed by atoms with Crippen molar-refractivity contribution in [3.63, 3.8) is 0 Å². The lowest BCUT2D eigenvalue weighted by molar-refractivity contribution is -0.130. The molecule has 2 aliphatic rings. The van der Waals surface area contributed by atoms with E-state index < -0.39 is 0 Å². The molecule has 1 N–H and O–H groups in total. The Hall–Kier alpha value is -1.06. The molecule has 2 amide bonds. The van der Waals surface area contributed by atoms with Crippen LogP contribution in [0, 0.1) is 5.92 Å². The molecule has 0 aromatic carbocycles. The predicted octanol–water partition coefficient (Wildman–Crippen LogP) is 2.47. The van der Waals surface area contributed by atoms with Crippen LogP contribution in [0.5, 0.6) is 0 Å². The Morgan fingerprint density at radius 3 is 2.55 bits per heavy atom. The maximum atomic E-state index is 12.3. The van der Waals surface area contributed by atoms with E-state index >= 15 is 0 Å². The largest absolute Gasteiger partial charge is 0.353 e. The number of carbonyl (C=O) groups is 2. The SMILES string of the molecule is CCC(C)N1CC(C(=O)NC2CCCCCC2)CC1=O. The monoisotopic (exact) mass is 280 g/mol. The molecule has 4 heteroatoms. The zero-order chi connectivity index (χ0) is 14.5. The van der Waals surface area contributed by atoms with Crippen molar-refractivity contribution in [2.45, 2.75) is 77.3 Å². The first kappa shape index (κ1) is 15.3. The highest BCUT2D eigenvalue weighted by molar-refractivity contribution is 5.89. The van der Waals surface area contributed by atoms with Crippen molar-refractivity contribution in [2.75, 3.05) is 6.54 Å². The van der Waals surface area contributed by atoms with Crippen LogP contribution in [0.1, 0.15) is 65.2 Å². The molecule has 1 heterocycles. The molecule has 0 bridgehead atoms. The second kappa shape index (κ2) is 7.09. The van der Waals surface area contributed by atoms with Gasteiger partial charge in [0.2, 0.25) is 11.8 Å². The topological polar surface area (TPSA) is 49.4 Å². The van der Waals surface area contributed by atoms with Crippen molar-refractivity contribution in [3.8, 4) is 0 Å². The molecule has 1 aliphatic carbocycles. The van der Waals surface area contributed by atoms with Crippen LogP contribution < -0.4 is 5.32 Å². The maximum Gasteiger partial charge on any atom is 0.225 e. The number of amides is 2. The zero-order valence-electron chi connectivity index (χ0n) is 12.9. The molecule has 1 saturated heterocycles. The summed E-state index contributed by atoms with van der Waals surface area (Å²) in [5.41, 5.74) is 0. The molecule has 4 nitrogen and oxygen atoms in total. The van der Waals surface area contributed by atoms with E-state index in [9.17, 15) is 9.59 Å². The summed E-state index contributed by atoms with van der Waals surface area (Å²) in [6, 6.07) is 0.580. The number of likely N-dealkylation sites (tertiary alicyclic amines) is 1. The molecule has 114 valence electrons. The van der Waals surface area contributed by atoms with Crippen molar-refractivity contribution >= 4 is 11.8 Å². The van der Waals surface area contributed by atoms with E-state index in [1.54, 1.807) is 0 Å². The van der Waals surface area contributed by atoms with Crippen molar-refractivity contribution < 1.29 is 9.59 Å². The first-order valence-electron chi connectivity index (χ1n) is 8.21. The van der Waals surface area contributed by atoms with E-state index in [1.165, 1.54) is 25.7 Å². The van der Waals surface area contributed by atoms with Gasteiger partial charge >= 0.3 is 0 Å². The van der Waals surface area contributed by atoms with Crippen molar-refractivity contribution in [2.24, 2.45) is 5.92 Å². The average Bonchev–Trinajstić information content (AvgIpc) is 2.66. The van der Waals surface area contributed by atoms with Crippen molar-refractivity contribution in [1.29, 1.82) is 0 Å². The minimum absolute atomic E-state index is 0.0936. The lowest BCUT2D eigenvalue weighted by atomic mass is 10.0. The summed E-state index contributed by atoms with van der Waals surface area (Å²) in [6.07, 6.45) is 8.54. The summed E-state index contributed by atoms with van der Waals surface area (Å²) in [5, 5.41) is 3.18. The van der Waals surface area contributed by atoms with Gasteiger partial charge in [-0.3, -0.25) is 9.59 Å². The highest BCUT2D eigenvalue weighted by Crippen LogP contribution is 2.23. The highest BCUT2D eigenvalue weighted by atomic mass is 16.2. The van der Waals surface area contributed by atoms with Crippen molar-refractivity contribution in [1.82, 2.24) is 10.2 Å². The summed E-state index contributed by atoms with van der Waals surface area (Å²) >= 11 is 0. The summed E-state index contributed by atoms with van der Waals surface area (Å²) < 4.78 is 0. The van der Waals surface area contributed by atoms with Crippen LogP contribution in [0.15, 0.2) is 0 Å². The third-order valence-corrected chi connectivity index (χ3v) is 4.85. The Morgan fingerprint density at radius 1 is 1.30 bits per heavy atom. The number of carbonyl (C=O) groups excluding carboxylic acids is 2. The van der Waals surface area contributed by atoms with Crippen LogP contribution in [0.3, 0.4) is 0 Å². The number of nitrogens with one attached hydrogen (secondary N) is 1. The summed E-state index contributed by atoms with van der Waals surface area (Å²) in [5.74, 6) is 0.0937. The van der Waals surface area contributed by atoms with Crippen LogP contribution in [0.2, 0.25) is 0 Å². The van der Waals surface area contributed by atoms with Gasteiger partial charge in [-0.2, -0.15) is 0 Å². The number of rotatable bonds is 4. The van der Waals surface area contributed by atoms with Gasteiger partial charge in [-0.25, -0.2) is 0 Å². The molecule has 2 atom stereocenters. The Balaban J connectivity index is 1.85. The summed E-state index contributed by atoms with van der Waals surface area (Å²) in [6.45, 7) is 4.74. The maximum absolute atomic E-state index is 12.3. The Bertz CT molecular complexity index is 348. The molecule has 0 aromatic heterocycles. The second-order valence-electron chi connectivity index (χ2n) is 6.40. The molecule has 2 rings (SSSR count). The first-order valence-corrected chi connectivity index (χ1v) is 8.21. The molecule has 0 aromatic rings. The number of hydrogen-bond acceptors (Lipinski definition) is 2. The van der Waals surface area contributed by atoms with E-state index in [0.717, 1.165) is 19.3 Å². The molecule has 2 unspecified atom stereocenters. The minimum Gasteiger partial charge on any atom is -0.353 e. The van der Waals surface area contributed by atoms with Crippen LogP contribution in [0.4, 0.5) is 0 Å². The lowest BCUT2D eigenvalue weighted by Gasteiger charge is -2.24. The molecule has 1 aliphatic heterocycles. The number of nitrogens with zero attached hydrogens (tertiary/aromatic N) is 1.